The summed E-state index contributed by atoms with van der Waals surface area (Å²) < 4.78 is 0.892. The number of urea groups is 1. The smallest absolute Gasteiger partial charge is 0.308 e. The molecule has 1 atom stereocenters. The number of thioether (sulfide) groups is 1. The molecule has 2 aromatic carbocycles. The Morgan fingerprint density at radius 3 is 2.58 bits per heavy atom. The number of hydrogen-bond acceptors (Lipinski definition) is 2. The summed E-state index contributed by atoms with van der Waals surface area (Å²) >= 11 is 5.29. The molecule has 1 heterocycles. The van der Waals surface area contributed by atoms with Gasteiger partial charge in [0.1, 0.15) is 5.37 Å². The highest BCUT2D eigenvalue weighted by Gasteiger charge is 2.30. The Morgan fingerprint density at radius 1 is 1.21 bits per heavy atom. The SMILES string of the molecule is CC(C)c1ccc(C2SCCN2C(=O)Nc2ccccc2Br)cc1. The van der Waals surface area contributed by atoms with Crippen LogP contribution in [0.15, 0.2) is 53.0 Å². The van der Waals surface area contributed by atoms with Crippen molar-refractivity contribution >= 4 is 39.4 Å². The Morgan fingerprint density at radius 2 is 1.92 bits per heavy atom. The fraction of sp³-hybridized carbons (Fsp3) is 0.316. The van der Waals surface area contributed by atoms with Crippen molar-refractivity contribution in [2.24, 2.45) is 0 Å². The van der Waals surface area contributed by atoms with Crippen molar-refractivity contribution in [1.29, 1.82) is 0 Å². The molecule has 2 aromatic rings. The van der Waals surface area contributed by atoms with E-state index in [0.717, 1.165) is 22.5 Å². The van der Waals surface area contributed by atoms with Crippen LogP contribution in [0.4, 0.5) is 10.5 Å². The first-order valence-electron chi connectivity index (χ1n) is 8.10. The second-order valence-electron chi connectivity index (χ2n) is 6.15. The lowest BCUT2D eigenvalue weighted by Crippen LogP contribution is -2.34. The van der Waals surface area contributed by atoms with Gasteiger partial charge in [-0.3, -0.25) is 0 Å². The minimum absolute atomic E-state index is 0.0511. The minimum atomic E-state index is -0.0511. The lowest BCUT2D eigenvalue weighted by atomic mass is 10.0. The third-order valence-electron chi connectivity index (χ3n) is 4.16. The Kier molecular flexibility index (Phi) is 5.51. The van der Waals surface area contributed by atoms with Gasteiger partial charge in [-0.1, -0.05) is 50.2 Å². The highest BCUT2D eigenvalue weighted by Crippen LogP contribution is 2.38. The van der Waals surface area contributed by atoms with Crippen LogP contribution >= 0.6 is 27.7 Å². The molecule has 3 rings (SSSR count). The maximum Gasteiger partial charge on any atom is 0.323 e. The van der Waals surface area contributed by atoms with Crippen molar-refractivity contribution in [2.75, 3.05) is 17.6 Å². The number of halogens is 1. The van der Waals surface area contributed by atoms with E-state index in [9.17, 15) is 4.79 Å². The molecule has 1 fully saturated rings. The van der Waals surface area contributed by atoms with Crippen LogP contribution in [0.2, 0.25) is 0 Å². The summed E-state index contributed by atoms with van der Waals surface area (Å²) in [6.45, 7) is 5.14. The van der Waals surface area contributed by atoms with Gasteiger partial charge in [0.15, 0.2) is 0 Å². The van der Waals surface area contributed by atoms with E-state index in [1.807, 2.05) is 40.9 Å². The van der Waals surface area contributed by atoms with E-state index < -0.39 is 0 Å². The van der Waals surface area contributed by atoms with Crippen LogP contribution in [-0.4, -0.2) is 23.2 Å². The molecule has 1 saturated heterocycles. The van der Waals surface area contributed by atoms with Crippen molar-refractivity contribution in [1.82, 2.24) is 4.90 Å². The third kappa shape index (κ3) is 3.78. The predicted octanol–water partition coefficient (Wildman–Crippen LogP) is 5.85. The van der Waals surface area contributed by atoms with Crippen molar-refractivity contribution in [2.45, 2.75) is 25.1 Å². The number of benzene rings is 2. The monoisotopic (exact) mass is 404 g/mol. The number of nitrogens with zero attached hydrogens (tertiary/aromatic N) is 1. The Balaban J connectivity index is 1.75. The molecular weight excluding hydrogens is 384 g/mol. The van der Waals surface area contributed by atoms with E-state index in [4.69, 9.17) is 0 Å². The zero-order valence-corrected chi connectivity index (χ0v) is 16.2. The molecule has 1 aliphatic rings. The molecule has 1 aliphatic heterocycles. The van der Waals surface area contributed by atoms with Gasteiger partial charge in [-0.15, -0.1) is 11.8 Å². The summed E-state index contributed by atoms with van der Waals surface area (Å²) in [7, 11) is 0. The van der Waals surface area contributed by atoms with Crippen molar-refractivity contribution in [3.8, 4) is 0 Å². The molecule has 0 aliphatic carbocycles. The summed E-state index contributed by atoms with van der Waals surface area (Å²) in [5.41, 5.74) is 3.31. The number of para-hydroxylation sites is 1. The standard InChI is InChI=1S/C19H21BrN2OS/c1-13(2)14-7-9-15(10-8-14)18-22(11-12-24-18)19(23)21-17-6-4-3-5-16(17)20/h3-10,13,18H,11-12H2,1-2H3,(H,21,23). The summed E-state index contributed by atoms with van der Waals surface area (Å²) in [4.78, 5) is 14.6. The highest BCUT2D eigenvalue weighted by atomic mass is 79.9. The van der Waals surface area contributed by atoms with E-state index in [-0.39, 0.29) is 11.4 Å². The van der Waals surface area contributed by atoms with Crippen molar-refractivity contribution in [3.05, 3.63) is 64.1 Å². The van der Waals surface area contributed by atoms with Crippen LogP contribution in [0.3, 0.4) is 0 Å². The lowest BCUT2D eigenvalue weighted by molar-refractivity contribution is 0.214. The van der Waals surface area contributed by atoms with E-state index in [2.05, 4.69) is 59.4 Å². The fourth-order valence-electron chi connectivity index (χ4n) is 2.75. The van der Waals surface area contributed by atoms with Crippen LogP contribution < -0.4 is 5.32 Å². The minimum Gasteiger partial charge on any atom is -0.308 e. The Labute approximate surface area is 155 Å². The molecule has 0 spiro atoms. The second-order valence-corrected chi connectivity index (χ2v) is 8.19. The van der Waals surface area contributed by atoms with Gasteiger partial charge < -0.3 is 10.2 Å². The van der Waals surface area contributed by atoms with Crippen LogP contribution in [0.5, 0.6) is 0 Å². The zero-order chi connectivity index (χ0) is 17.1. The summed E-state index contributed by atoms with van der Waals surface area (Å²) in [5, 5.41) is 3.09. The van der Waals surface area contributed by atoms with Crippen LogP contribution in [0.25, 0.3) is 0 Å². The van der Waals surface area contributed by atoms with E-state index in [0.29, 0.717) is 5.92 Å². The quantitative estimate of drug-likeness (QED) is 0.695. The molecular formula is C19H21BrN2OS. The third-order valence-corrected chi connectivity index (χ3v) is 6.11. The van der Waals surface area contributed by atoms with E-state index in [1.54, 1.807) is 0 Å². The van der Waals surface area contributed by atoms with Crippen molar-refractivity contribution < 1.29 is 4.79 Å². The topological polar surface area (TPSA) is 32.3 Å². The first kappa shape index (κ1) is 17.4. The lowest BCUT2D eigenvalue weighted by Gasteiger charge is -2.25. The average molecular weight is 405 g/mol. The number of carbonyl (C=O) groups is 1. The number of anilines is 1. The number of nitrogens with one attached hydrogen (secondary N) is 1. The van der Waals surface area contributed by atoms with E-state index >= 15 is 0 Å². The van der Waals surface area contributed by atoms with Gasteiger partial charge in [0, 0.05) is 16.8 Å². The molecule has 5 heteroatoms. The van der Waals surface area contributed by atoms with Gasteiger partial charge in [0.25, 0.3) is 0 Å². The number of rotatable bonds is 3. The molecule has 1 N–H and O–H groups in total. The van der Waals surface area contributed by atoms with Gasteiger partial charge >= 0.3 is 6.03 Å². The zero-order valence-electron chi connectivity index (χ0n) is 13.8. The first-order chi connectivity index (χ1) is 11.6. The fourth-order valence-corrected chi connectivity index (χ4v) is 4.39. The summed E-state index contributed by atoms with van der Waals surface area (Å²) in [5.74, 6) is 1.48. The molecule has 0 bridgehead atoms. The largest absolute Gasteiger partial charge is 0.323 e. The molecule has 0 radical (unpaired) electrons. The molecule has 126 valence electrons. The highest BCUT2D eigenvalue weighted by molar-refractivity contribution is 9.10. The number of amides is 2. The van der Waals surface area contributed by atoms with Crippen molar-refractivity contribution in [3.63, 3.8) is 0 Å². The molecule has 0 aromatic heterocycles. The van der Waals surface area contributed by atoms with Crippen LogP contribution in [-0.2, 0) is 0 Å². The average Bonchev–Trinajstić information content (AvgIpc) is 3.07. The van der Waals surface area contributed by atoms with E-state index in [1.165, 1.54) is 11.1 Å². The molecule has 0 saturated carbocycles. The van der Waals surface area contributed by atoms with Gasteiger partial charge in [-0.2, -0.15) is 0 Å². The van der Waals surface area contributed by atoms with Gasteiger partial charge in [-0.05, 0) is 45.1 Å². The van der Waals surface area contributed by atoms with Crippen LogP contribution in [0.1, 0.15) is 36.3 Å². The molecule has 24 heavy (non-hydrogen) atoms. The Bertz CT molecular complexity index is 718. The van der Waals surface area contributed by atoms with Gasteiger partial charge in [0.05, 0.1) is 5.69 Å². The summed E-state index contributed by atoms with van der Waals surface area (Å²) in [6, 6.07) is 16.3. The maximum atomic E-state index is 12.7. The number of carbonyl (C=O) groups excluding carboxylic acids is 1. The van der Waals surface area contributed by atoms with Gasteiger partial charge in [-0.25, -0.2) is 4.79 Å². The normalized spacial score (nSPS) is 17.3. The second kappa shape index (κ2) is 7.62. The van der Waals surface area contributed by atoms with Crippen LogP contribution in [0, 0.1) is 0 Å². The Hall–Kier alpha value is -1.46. The molecule has 1 unspecified atom stereocenters. The maximum absolute atomic E-state index is 12.7. The molecule has 2 amide bonds. The summed E-state index contributed by atoms with van der Waals surface area (Å²) in [6.07, 6.45) is 0. The molecule has 3 nitrogen and oxygen atoms in total. The number of hydrogen-bond donors (Lipinski definition) is 1. The van der Waals surface area contributed by atoms with Gasteiger partial charge in [0.2, 0.25) is 0 Å². The predicted molar refractivity (Wildman–Crippen MR) is 106 cm³/mol. The first-order valence-corrected chi connectivity index (χ1v) is 9.94.